The average Bonchev–Trinajstić information content (AvgIpc) is 2.27. The zero-order valence-corrected chi connectivity index (χ0v) is 10.9. The second-order valence-electron chi connectivity index (χ2n) is 5.32. The molecule has 0 aliphatic carbocycles. The Balaban J connectivity index is 2.27. The van der Waals surface area contributed by atoms with Gasteiger partial charge in [0.2, 0.25) is 0 Å². The molecule has 0 saturated carbocycles. The summed E-state index contributed by atoms with van der Waals surface area (Å²) in [5, 5.41) is 7.53. The van der Waals surface area contributed by atoms with Crippen LogP contribution in [-0.2, 0) is 0 Å². The first-order valence-corrected chi connectivity index (χ1v) is 6.25. The molecule has 1 saturated heterocycles. The van der Waals surface area contributed by atoms with E-state index in [0.717, 1.165) is 32.6 Å². The average molecular weight is 226 g/mol. The van der Waals surface area contributed by atoms with Crippen LogP contribution in [0.2, 0.25) is 0 Å². The van der Waals surface area contributed by atoms with Crippen LogP contribution in [0.1, 0.15) is 27.2 Å². The third-order valence-electron chi connectivity index (χ3n) is 3.69. The van der Waals surface area contributed by atoms with Gasteiger partial charge in [0, 0.05) is 31.6 Å². The van der Waals surface area contributed by atoms with E-state index in [1.165, 1.54) is 13.1 Å². The fraction of sp³-hybridized carbons (Fsp3) is 0.917. The Kier molecular flexibility index (Phi) is 4.74. The molecule has 1 aliphatic rings. The third-order valence-corrected chi connectivity index (χ3v) is 3.69. The maximum absolute atomic E-state index is 7.53. The lowest BCUT2D eigenvalue weighted by Gasteiger charge is -2.35. The summed E-state index contributed by atoms with van der Waals surface area (Å²) >= 11 is 0. The molecule has 0 spiro atoms. The maximum atomic E-state index is 7.53. The smallest absolute Gasteiger partial charge is 0.0963 e. The maximum Gasteiger partial charge on any atom is 0.0963 e. The number of piperazine rings is 1. The molecule has 16 heavy (non-hydrogen) atoms. The number of nitrogens with two attached hydrogens (primary N) is 1. The molecular weight excluding hydrogens is 200 g/mol. The van der Waals surface area contributed by atoms with Crippen molar-refractivity contribution in [3.8, 4) is 0 Å². The SMILES string of the molecule is CCN1CCN(CCC(C)(C)C(=N)N)CC1. The van der Waals surface area contributed by atoms with Crippen molar-refractivity contribution in [2.24, 2.45) is 11.1 Å². The third kappa shape index (κ3) is 3.76. The molecule has 0 unspecified atom stereocenters. The molecule has 1 fully saturated rings. The molecule has 1 heterocycles. The van der Waals surface area contributed by atoms with Crippen LogP contribution < -0.4 is 5.73 Å². The van der Waals surface area contributed by atoms with E-state index in [1.807, 2.05) is 0 Å². The van der Waals surface area contributed by atoms with Crippen molar-refractivity contribution >= 4 is 5.84 Å². The Labute approximate surface area is 99.3 Å². The summed E-state index contributed by atoms with van der Waals surface area (Å²) in [6.07, 6.45) is 0.981. The summed E-state index contributed by atoms with van der Waals surface area (Å²) in [5.74, 6) is 0.305. The standard InChI is InChI=1S/C12H26N4/c1-4-15-7-9-16(10-8-15)6-5-12(2,3)11(13)14/h4-10H2,1-3H3,(H3,13,14). The van der Waals surface area contributed by atoms with Crippen molar-refractivity contribution in [2.75, 3.05) is 39.3 Å². The van der Waals surface area contributed by atoms with E-state index in [4.69, 9.17) is 11.1 Å². The van der Waals surface area contributed by atoms with Gasteiger partial charge < -0.3 is 15.5 Å². The highest BCUT2D eigenvalue weighted by Gasteiger charge is 2.23. The van der Waals surface area contributed by atoms with Gasteiger partial charge in [-0.25, -0.2) is 0 Å². The van der Waals surface area contributed by atoms with Gasteiger partial charge in [-0.2, -0.15) is 0 Å². The van der Waals surface area contributed by atoms with Gasteiger partial charge in [-0.05, 0) is 19.5 Å². The minimum absolute atomic E-state index is 0.151. The number of rotatable bonds is 5. The summed E-state index contributed by atoms with van der Waals surface area (Å²) in [6, 6.07) is 0. The number of hydrogen-bond acceptors (Lipinski definition) is 3. The quantitative estimate of drug-likeness (QED) is 0.542. The number of hydrogen-bond donors (Lipinski definition) is 2. The van der Waals surface area contributed by atoms with Crippen LogP contribution in [-0.4, -0.2) is 54.9 Å². The molecule has 1 aliphatic heterocycles. The fourth-order valence-corrected chi connectivity index (χ4v) is 1.90. The molecule has 0 bridgehead atoms. The van der Waals surface area contributed by atoms with E-state index in [-0.39, 0.29) is 5.41 Å². The van der Waals surface area contributed by atoms with Crippen LogP contribution >= 0.6 is 0 Å². The molecule has 0 radical (unpaired) electrons. The van der Waals surface area contributed by atoms with Crippen molar-refractivity contribution in [1.29, 1.82) is 5.41 Å². The van der Waals surface area contributed by atoms with Crippen LogP contribution in [0.5, 0.6) is 0 Å². The molecule has 3 N–H and O–H groups in total. The number of nitrogens with zero attached hydrogens (tertiary/aromatic N) is 2. The second kappa shape index (κ2) is 5.64. The van der Waals surface area contributed by atoms with Crippen LogP contribution in [0.3, 0.4) is 0 Å². The highest BCUT2D eigenvalue weighted by atomic mass is 15.3. The highest BCUT2D eigenvalue weighted by Crippen LogP contribution is 2.20. The Morgan fingerprint density at radius 3 is 2.12 bits per heavy atom. The molecule has 0 aromatic carbocycles. The molecule has 0 aromatic heterocycles. The van der Waals surface area contributed by atoms with Gasteiger partial charge in [-0.1, -0.05) is 20.8 Å². The molecule has 94 valence electrons. The Bertz CT molecular complexity index is 229. The highest BCUT2D eigenvalue weighted by molar-refractivity contribution is 5.82. The van der Waals surface area contributed by atoms with Crippen LogP contribution in [0.4, 0.5) is 0 Å². The van der Waals surface area contributed by atoms with E-state index in [2.05, 4.69) is 30.6 Å². The largest absolute Gasteiger partial charge is 0.387 e. The lowest BCUT2D eigenvalue weighted by molar-refractivity contribution is 0.129. The minimum atomic E-state index is -0.151. The van der Waals surface area contributed by atoms with Gasteiger partial charge in [0.1, 0.15) is 0 Å². The van der Waals surface area contributed by atoms with Crippen LogP contribution in [0.25, 0.3) is 0 Å². The van der Waals surface area contributed by atoms with Gasteiger partial charge in [0.05, 0.1) is 5.84 Å². The summed E-state index contributed by atoms with van der Waals surface area (Å²) in [4.78, 5) is 4.96. The molecule has 4 nitrogen and oxygen atoms in total. The first kappa shape index (κ1) is 13.5. The first-order chi connectivity index (χ1) is 7.45. The molecule has 1 rings (SSSR count). The molecule has 4 heteroatoms. The van der Waals surface area contributed by atoms with Crippen molar-refractivity contribution in [3.63, 3.8) is 0 Å². The summed E-state index contributed by atoms with van der Waals surface area (Å²) in [5.41, 5.74) is 5.44. The molecule has 0 amide bonds. The van der Waals surface area contributed by atoms with Crippen molar-refractivity contribution < 1.29 is 0 Å². The van der Waals surface area contributed by atoms with Gasteiger partial charge in [0.15, 0.2) is 0 Å². The molecular formula is C12H26N4. The fourth-order valence-electron chi connectivity index (χ4n) is 1.90. The summed E-state index contributed by atoms with van der Waals surface area (Å²) < 4.78 is 0. The number of amidine groups is 1. The zero-order chi connectivity index (χ0) is 12.2. The second-order valence-corrected chi connectivity index (χ2v) is 5.32. The molecule has 0 atom stereocenters. The monoisotopic (exact) mass is 226 g/mol. The van der Waals surface area contributed by atoms with Crippen molar-refractivity contribution in [3.05, 3.63) is 0 Å². The van der Waals surface area contributed by atoms with E-state index < -0.39 is 0 Å². The predicted molar refractivity (Wildman–Crippen MR) is 68.9 cm³/mol. The summed E-state index contributed by atoms with van der Waals surface area (Å²) in [6.45, 7) is 13.2. The van der Waals surface area contributed by atoms with Crippen molar-refractivity contribution in [1.82, 2.24) is 9.80 Å². The zero-order valence-electron chi connectivity index (χ0n) is 10.9. The topological polar surface area (TPSA) is 56.4 Å². The number of likely N-dealkylation sites (N-methyl/N-ethyl adjacent to an activating group) is 1. The van der Waals surface area contributed by atoms with Crippen LogP contribution in [0, 0.1) is 10.8 Å². The van der Waals surface area contributed by atoms with Gasteiger partial charge in [-0.15, -0.1) is 0 Å². The Hall–Kier alpha value is -0.610. The normalized spacial score (nSPS) is 19.9. The van der Waals surface area contributed by atoms with Gasteiger partial charge in [-0.3, -0.25) is 5.41 Å². The lowest BCUT2D eigenvalue weighted by Crippen LogP contribution is -2.47. The van der Waals surface area contributed by atoms with Crippen LogP contribution in [0.15, 0.2) is 0 Å². The van der Waals surface area contributed by atoms with E-state index >= 15 is 0 Å². The Morgan fingerprint density at radius 2 is 1.69 bits per heavy atom. The Morgan fingerprint density at radius 1 is 1.19 bits per heavy atom. The van der Waals surface area contributed by atoms with Gasteiger partial charge in [0.25, 0.3) is 0 Å². The van der Waals surface area contributed by atoms with E-state index in [9.17, 15) is 0 Å². The first-order valence-electron chi connectivity index (χ1n) is 6.25. The number of nitrogens with one attached hydrogen (secondary N) is 1. The predicted octanol–water partition coefficient (Wildman–Crippen LogP) is 0.976. The van der Waals surface area contributed by atoms with E-state index in [0.29, 0.717) is 5.84 Å². The lowest BCUT2D eigenvalue weighted by atomic mass is 9.88. The minimum Gasteiger partial charge on any atom is -0.387 e. The van der Waals surface area contributed by atoms with E-state index in [1.54, 1.807) is 0 Å². The molecule has 0 aromatic rings. The van der Waals surface area contributed by atoms with Gasteiger partial charge >= 0.3 is 0 Å². The van der Waals surface area contributed by atoms with Crippen molar-refractivity contribution in [2.45, 2.75) is 27.2 Å². The summed E-state index contributed by atoms with van der Waals surface area (Å²) in [7, 11) is 0.